The summed E-state index contributed by atoms with van der Waals surface area (Å²) in [5.41, 5.74) is -0.0301. The molecule has 0 radical (unpaired) electrons. The fraction of sp³-hybridized carbons (Fsp3) is 0. The van der Waals surface area contributed by atoms with E-state index >= 15 is 0 Å². The lowest BCUT2D eigenvalue weighted by molar-refractivity contribution is 0.0995. The third kappa shape index (κ3) is 1.19. The van der Waals surface area contributed by atoms with E-state index in [0.717, 1.165) is 0 Å². The second-order valence-corrected chi connectivity index (χ2v) is 1.49. The van der Waals surface area contributed by atoms with Gasteiger partial charge in [-0.1, -0.05) is 0 Å². The highest BCUT2D eigenvalue weighted by Crippen LogP contribution is 1.91. The Balaban J connectivity index is 2.95. The number of nitrogens with zero attached hydrogens (tertiary/aromatic N) is 3. The van der Waals surface area contributed by atoms with Crippen molar-refractivity contribution in [2.75, 3.05) is 0 Å². The number of aromatic nitrogens is 2. The van der Waals surface area contributed by atoms with E-state index in [2.05, 4.69) is 15.1 Å². The van der Waals surface area contributed by atoms with E-state index in [1.165, 1.54) is 18.6 Å². The first-order chi connectivity index (χ1) is 4.84. The van der Waals surface area contributed by atoms with Crippen molar-refractivity contribution in [3.8, 4) is 0 Å². The minimum absolute atomic E-state index is 0.0301. The summed E-state index contributed by atoms with van der Waals surface area (Å²) in [6.07, 6.45) is 3.91. The Morgan fingerprint density at radius 2 is 2.30 bits per heavy atom. The molecule has 50 valence electrons. The SMILES string of the molecule is O=NC(=O)c1cnccn1. The van der Waals surface area contributed by atoms with Crippen LogP contribution in [0.15, 0.2) is 23.8 Å². The molecule has 5 heteroatoms. The van der Waals surface area contributed by atoms with Crippen molar-refractivity contribution >= 4 is 5.91 Å². The highest BCUT2D eigenvalue weighted by atomic mass is 16.3. The highest BCUT2D eigenvalue weighted by molar-refractivity contribution is 5.92. The molecule has 0 N–H and O–H groups in total. The Morgan fingerprint density at radius 3 is 2.80 bits per heavy atom. The maximum Gasteiger partial charge on any atom is 0.336 e. The first kappa shape index (κ1) is 6.47. The summed E-state index contributed by atoms with van der Waals surface area (Å²) in [7, 11) is 0. The average molecular weight is 137 g/mol. The molecule has 5 nitrogen and oxygen atoms in total. The molecule has 0 aliphatic carbocycles. The molecule has 1 amide bonds. The van der Waals surface area contributed by atoms with Gasteiger partial charge in [0, 0.05) is 17.6 Å². The van der Waals surface area contributed by atoms with Gasteiger partial charge < -0.3 is 0 Å². The number of nitroso groups, excluding NO2 is 1. The van der Waals surface area contributed by atoms with Crippen molar-refractivity contribution in [3.63, 3.8) is 0 Å². The van der Waals surface area contributed by atoms with Gasteiger partial charge in [-0.2, -0.15) is 0 Å². The predicted molar refractivity (Wildman–Crippen MR) is 32.2 cm³/mol. The predicted octanol–water partition coefficient (Wildman–Crippen LogP) is 0.383. The summed E-state index contributed by atoms with van der Waals surface area (Å²) in [6, 6.07) is 0. The largest absolute Gasteiger partial charge is 0.336 e. The first-order valence-corrected chi connectivity index (χ1v) is 2.48. The van der Waals surface area contributed by atoms with E-state index < -0.39 is 5.91 Å². The Morgan fingerprint density at radius 1 is 1.50 bits per heavy atom. The lowest BCUT2D eigenvalue weighted by Crippen LogP contribution is -1.96. The molecule has 0 bridgehead atoms. The standard InChI is InChI=1S/C5H3N3O2/c9-5(8-10)4-3-6-1-2-7-4/h1-3H. The van der Waals surface area contributed by atoms with Crippen LogP contribution in [-0.4, -0.2) is 15.9 Å². The van der Waals surface area contributed by atoms with Gasteiger partial charge in [0.1, 0.15) is 0 Å². The maximum absolute atomic E-state index is 10.4. The Labute approximate surface area is 56.1 Å². The summed E-state index contributed by atoms with van der Waals surface area (Å²) in [5, 5.41) is 2.17. The monoisotopic (exact) mass is 137 g/mol. The number of hydrogen-bond acceptors (Lipinski definition) is 4. The van der Waals surface area contributed by atoms with Crippen LogP contribution < -0.4 is 0 Å². The van der Waals surface area contributed by atoms with Crippen molar-refractivity contribution in [1.29, 1.82) is 0 Å². The van der Waals surface area contributed by atoms with Gasteiger partial charge in [-0.05, 0) is 0 Å². The first-order valence-electron chi connectivity index (χ1n) is 2.48. The van der Waals surface area contributed by atoms with Crippen LogP contribution in [0.25, 0.3) is 0 Å². The lowest BCUT2D eigenvalue weighted by Gasteiger charge is -1.85. The van der Waals surface area contributed by atoms with Crippen molar-refractivity contribution < 1.29 is 4.79 Å². The van der Waals surface area contributed by atoms with Crippen LogP contribution in [-0.2, 0) is 0 Å². The van der Waals surface area contributed by atoms with Crippen LogP contribution in [0, 0.1) is 4.91 Å². The van der Waals surface area contributed by atoms with Gasteiger partial charge in [0.2, 0.25) is 0 Å². The zero-order valence-corrected chi connectivity index (χ0v) is 4.89. The molecule has 0 fully saturated rings. The molecule has 0 spiro atoms. The molecular weight excluding hydrogens is 134 g/mol. The van der Waals surface area contributed by atoms with Crippen LogP contribution in [0.2, 0.25) is 0 Å². The minimum Gasteiger partial charge on any atom is -0.261 e. The van der Waals surface area contributed by atoms with Crippen LogP contribution >= 0.6 is 0 Å². The molecule has 0 unspecified atom stereocenters. The molecule has 1 aromatic rings. The van der Waals surface area contributed by atoms with E-state index in [1.807, 2.05) is 0 Å². The van der Waals surface area contributed by atoms with E-state index in [9.17, 15) is 9.70 Å². The molecule has 1 heterocycles. The number of carbonyl (C=O) groups excluding carboxylic acids is 1. The molecule has 1 rings (SSSR count). The second-order valence-electron chi connectivity index (χ2n) is 1.49. The van der Waals surface area contributed by atoms with Gasteiger partial charge in [-0.3, -0.25) is 9.78 Å². The fourth-order valence-corrected chi connectivity index (χ4v) is 0.456. The molecule has 0 atom stereocenters. The van der Waals surface area contributed by atoms with Crippen molar-refractivity contribution in [2.45, 2.75) is 0 Å². The molecule has 0 saturated heterocycles. The Bertz CT molecular complexity index is 246. The van der Waals surface area contributed by atoms with Crippen LogP contribution in [0.5, 0.6) is 0 Å². The minimum atomic E-state index is -0.895. The topological polar surface area (TPSA) is 72.3 Å². The van der Waals surface area contributed by atoms with Gasteiger partial charge in [0.15, 0.2) is 5.69 Å². The van der Waals surface area contributed by atoms with Crippen molar-refractivity contribution in [3.05, 3.63) is 29.2 Å². The maximum atomic E-state index is 10.4. The van der Waals surface area contributed by atoms with Gasteiger partial charge in [-0.15, -0.1) is 4.91 Å². The van der Waals surface area contributed by atoms with Gasteiger partial charge in [-0.25, -0.2) is 4.98 Å². The number of hydrogen-bond donors (Lipinski definition) is 0. The van der Waals surface area contributed by atoms with Crippen molar-refractivity contribution in [2.24, 2.45) is 5.18 Å². The normalized spacial score (nSPS) is 8.80. The summed E-state index contributed by atoms with van der Waals surface area (Å²) in [5.74, 6) is -0.895. The summed E-state index contributed by atoms with van der Waals surface area (Å²) in [4.78, 5) is 27.2. The zero-order valence-electron chi connectivity index (χ0n) is 4.89. The smallest absolute Gasteiger partial charge is 0.261 e. The lowest BCUT2D eigenvalue weighted by atomic mass is 10.4. The molecule has 1 aromatic heterocycles. The average Bonchev–Trinajstić information content (AvgIpc) is 2.05. The van der Waals surface area contributed by atoms with Gasteiger partial charge in [0.05, 0.1) is 6.20 Å². The molecule has 0 aromatic carbocycles. The van der Waals surface area contributed by atoms with E-state index in [-0.39, 0.29) is 5.69 Å². The number of carbonyl (C=O) groups is 1. The third-order valence-electron chi connectivity index (χ3n) is 0.865. The Kier molecular flexibility index (Phi) is 1.79. The Hall–Kier alpha value is -1.65. The quantitative estimate of drug-likeness (QED) is 0.524. The van der Waals surface area contributed by atoms with E-state index in [0.29, 0.717) is 0 Å². The summed E-state index contributed by atoms with van der Waals surface area (Å²) >= 11 is 0. The molecular formula is C5H3N3O2. The highest BCUT2D eigenvalue weighted by Gasteiger charge is 2.04. The molecule has 0 aliphatic heterocycles. The zero-order chi connectivity index (χ0) is 7.40. The van der Waals surface area contributed by atoms with E-state index in [1.54, 1.807) is 0 Å². The number of rotatable bonds is 1. The van der Waals surface area contributed by atoms with Crippen LogP contribution in [0.1, 0.15) is 10.5 Å². The van der Waals surface area contributed by atoms with Crippen LogP contribution in [0.3, 0.4) is 0 Å². The summed E-state index contributed by atoms with van der Waals surface area (Å²) in [6.45, 7) is 0. The van der Waals surface area contributed by atoms with Crippen LogP contribution in [0.4, 0.5) is 0 Å². The van der Waals surface area contributed by atoms with Crippen molar-refractivity contribution in [1.82, 2.24) is 9.97 Å². The molecule has 10 heavy (non-hydrogen) atoms. The third-order valence-corrected chi connectivity index (χ3v) is 0.865. The fourth-order valence-electron chi connectivity index (χ4n) is 0.456. The van der Waals surface area contributed by atoms with E-state index in [4.69, 9.17) is 0 Å². The molecule has 0 saturated carbocycles. The van der Waals surface area contributed by atoms with Gasteiger partial charge >= 0.3 is 5.91 Å². The molecule has 0 aliphatic rings. The second kappa shape index (κ2) is 2.77. The summed E-state index contributed by atoms with van der Waals surface area (Å²) < 4.78 is 0. The number of amides is 1. The van der Waals surface area contributed by atoms with Gasteiger partial charge in [0.25, 0.3) is 0 Å².